The highest BCUT2D eigenvalue weighted by Crippen LogP contribution is 2.20. The third-order valence-electron chi connectivity index (χ3n) is 10.4. The molecule has 0 amide bonds. The molecule has 8 heteroatoms. The predicted octanol–water partition coefficient (Wildman–Crippen LogP) is 12.7. The third-order valence-corrected chi connectivity index (χ3v) is 11.2. The summed E-state index contributed by atoms with van der Waals surface area (Å²) in [5, 5.41) is 3.90. The predicted molar refractivity (Wildman–Crippen MR) is 225 cm³/mol. The van der Waals surface area contributed by atoms with Crippen LogP contribution in [0.25, 0.3) is 0 Å². The summed E-state index contributed by atoms with van der Waals surface area (Å²) < 4.78 is 20.5. The fraction of sp³-hybridized carbons (Fsp3) is 0.955. The van der Waals surface area contributed by atoms with E-state index in [4.69, 9.17) is 14.0 Å². The van der Waals surface area contributed by atoms with Gasteiger partial charge >= 0.3 is 11.9 Å². The molecule has 0 aromatic carbocycles. The van der Waals surface area contributed by atoms with E-state index in [0.717, 1.165) is 115 Å². The molecule has 0 bridgehead atoms. The Hall–Kier alpha value is -0.830. The Labute approximate surface area is 327 Å². The van der Waals surface area contributed by atoms with Crippen LogP contribution in [-0.2, 0) is 19.1 Å². The summed E-state index contributed by atoms with van der Waals surface area (Å²) in [7, 11) is 2.12. The van der Waals surface area contributed by atoms with Crippen LogP contribution in [0.1, 0.15) is 220 Å². The van der Waals surface area contributed by atoms with Crippen LogP contribution in [0.3, 0.4) is 0 Å². The molecule has 1 rings (SSSR count). The molecule has 310 valence electrons. The first-order chi connectivity index (χ1) is 25.4. The van der Waals surface area contributed by atoms with Crippen LogP contribution >= 0.6 is 12.0 Å². The number of nitrogens with zero attached hydrogens (tertiary/aromatic N) is 1. The van der Waals surface area contributed by atoms with Gasteiger partial charge in [-0.3, -0.25) is 9.59 Å². The number of esters is 2. The number of hydrogen-bond donors (Lipinski definition) is 2. The van der Waals surface area contributed by atoms with Gasteiger partial charge in [0, 0.05) is 18.1 Å². The van der Waals surface area contributed by atoms with Crippen molar-refractivity contribution >= 4 is 24.0 Å². The fourth-order valence-corrected chi connectivity index (χ4v) is 7.27. The summed E-state index contributed by atoms with van der Waals surface area (Å²) in [6.45, 7) is 12.8. The highest BCUT2D eigenvalue weighted by molar-refractivity contribution is 7.94. The van der Waals surface area contributed by atoms with Gasteiger partial charge in [0.15, 0.2) is 0 Å². The van der Waals surface area contributed by atoms with Crippen molar-refractivity contribution in [3.8, 4) is 0 Å². The van der Waals surface area contributed by atoms with Crippen LogP contribution in [0.15, 0.2) is 0 Å². The molecule has 0 saturated carbocycles. The van der Waals surface area contributed by atoms with Crippen molar-refractivity contribution in [3.05, 3.63) is 0 Å². The quantitative estimate of drug-likeness (QED) is 0.0375. The second kappa shape index (κ2) is 39.9. The van der Waals surface area contributed by atoms with Gasteiger partial charge in [-0.25, -0.2) is 0 Å². The Balaban J connectivity index is 0.00000249. The zero-order valence-corrected chi connectivity index (χ0v) is 36.0. The average Bonchev–Trinajstić information content (AvgIpc) is 3.14. The number of likely N-dealkylation sites (tertiary alicyclic amines) is 1. The maximum absolute atomic E-state index is 12.5. The molecule has 0 radical (unpaired) electrons. The number of unbranched alkanes of at least 4 members (excludes halogenated alkanes) is 16. The van der Waals surface area contributed by atoms with Gasteiger partial charge in [0.1, 0.15) is 12.2 Å². The van der Waals surface area contributed by atoms with Crippen molar-refractivity contribution < 1.29 is 23.6 Å². The lowest BCUT2D eigenvalue weighted by molar-refractivity contribution is -0.150. The lowest BCUT2D eigenvalue weighted by Crippen LogP contribution is -2.31. The van der Waals surface area contributed by atoms with Gasteiger partial charge in [-0.2, -0.15) is 0 Å². The van der Waals surface area contributed by atoms with Crippen LogP contribution in [0.4, 0.5) is 0 Å². The monoisotopic (exact) mass is 757 g/mol. The molecular weight excluding hydrogens is 669 g/mol. The van der Waals surface area contributed by atoms with E-state index in [1.807, 2.05) is 0 Å². The molecule has 1 aliphatic heterocycles. The summed E-state index contributed by atoms with van der Waals surface area (Å²) in [5.41, 5.74) is 0. The second-order valence-electron chi connectivity index (χ2n) is 15.6. The Kier molecular flexibility index (Phi) is 39.2. The smallest absolute Gasteiger partial charge is 0.306 e. The van der Waals surface area contributed by atoms with Gasteiger partial charge in [-0.05, 0) is 122 Å². The summed E-state index contributed by atoms with van der Waals surface area (Å²) >= 11 is 1.02. The van der Waals surface area contributed by atoms with Gasteiger partial charge in [0.05, 0.1) is 0 Å². The van der Waals surface area contributed by atoms with Gasteiger partial charge in [-0.15, -0.1) is 0 Å². The van der Waals surface area contributed by atoms with E-state index in [-0.39, 0.29) is 24.1 Å². The molecule has 0 aromatic heterocycles. The van der Waals surface area contributed by atoms with Gasteiger partial charge in [0.2, 0.25) is 0 Å². The zero-order valence-electron chi connectivity index (χ0n) is 35.2. The molecular formula is C44H88N2O5S. The number of hydrogen-bond acceptors (Lipinski definition) is 8. The van der Waals surface area contributed by atoms with E-state index in [2.05, 4.69) is 45.0 Å². The first-order valence-corrected chi connectivity index (χ1v) is 23.3. The van der Waals surface area contributed by atoms with E-state index < -0.39 is 0 Å². The zero-order chi connectivity index (χ0) is 38.3. The summed E-state index contributed by atoms with van der Waals surface area (Å²) in [6.07, 6.45) is 34.0. The van der Waals surface area contributed by atoms with Gasteiger partial charge < -0.3 is 24.2 Å². The summed E-state index contributed by atoms with van der Waals surface area (Å²) in [4.78, 5) is 27.4. The maximum Gasteiger partial charge on any atom is 0.306 e. The van der Waals surface area contributed by atoms with Crippen molar-refractivity contribution in [1.29, 1.82) is 0 Å². The van der Waals surface area contributed by atoms with E-state index in [9.17, 15) is 9.59 Å². The number of nitrogens with one attached hydrogen (secondary N) is 1. The molecule has 1 heterocycles. The lowest BCUT2D eigenvalue weighted by atomic mass is 10.0. The van der Waals surface area contributed by atoms with Crippen molar-refractivity contribution in [2.75, 3.05) is 33.2 Å². The minimum Gasteiger partial charge on any atom is -0.462 e. The molecule has 0 unspecified atom stereocenters. The van der Waals surface area contributed by atoms with E-state index in [1.165, 1.54) is 103 Å². The fourth-order valence-electron chi connectivity index (χ4n) is 6.85. The van der Waals surface area contributed by atoms with Gasteiger partial charge in [-0.1, -0.05) is 130 Å². The van der Waals surface area contributed by atoms with E-state index >= 15 is 0 Å². The third kappa shape index (κ3) is 34.9. The Morgan fingerprint density at radius 2 is 0.904 bits per heavy atom. The van der Waals surface area contributed by atoms with E-state index in [0.29, 0.717) is 18.1 Å². The Bertz CT molecular complexity index is 687. The molecule has 7 nitrogen and oxygen atoms in total. The maximum atomic E-state index is 12.5. The van der Waals surface area contributed by atoms with E-state index in [1.54, 1.807) is 0 Å². The molecule has 1 fully saturated rings. The summed E-state index contributed by atoms with van der Waals surface area (Å²) in [6, 6.07) is 0. The number of carbonyl (C=O) groups excluding carboxylic acids is 2. The highest BCUT2D eigenvalue weighted by atomic mass is 32.2. The molecule has 2 N–H and O–H groups in total. The first-order valence-electron chi connectivity index (χ1n) is 22.5. The molecule has 0 aliphatic carbocycles. The standard InChI is InChI=1S/C38H75NO4.C6H13NOS/c1-5-9-13-17-21-27-35(28-22-18-14-10-6-2)42-37(40)31-25-33-39-34-26-32-38(41)43-36(29-23-19-15-11-7-3)30-24-20-16-12-8-4;1-7-4-2-6(9-8)3-5-7/h35-36,39H,5-34H2,1-4H3;6,8H,2-5H2,1H3. The summed E-state index contributed by atoms with van der Waals surface area (Å²) in [5.74, 6) is -0.0964. The molecule has 1 aliphatic rings. The Morgan fingerprint density at radius 1 is 0.577 bits per heavy atom. The van der Waals surface area contributed by atoms with Crippen molar-refractivity contribution in [1.82, 2.24) is 10.2 Å². The van der Waals surface area contributed by atoms with Gasteiger partial charge in [0.25, 0.3) is 0 Å². The van der Waals surface area contributed by atoms with Crippen LogP contribution in [0, 0.1) is 0 Å². The van der Waals surface area contributed by atoms with Crippen LogP contribution in [0.2, 0.25) is 0 Å². The number of carbonyl (C=O) groups is 2. The largest absolute Gasteiger partial charge is 0.462 e. The topological polar surface area (TPSA) is 88.1 Å². The normalized spacial score (nSPS) is 13.8. The van der Waals surface area contributed by atoms with Crippen LogP contribution in [0.5, 0.6) is 0 Å². The van der Waals surface area contributed by atoms with Crippen LogP contribution in [-0.4, -0.2) is 72.1 Å². The van der Waals surface area contributed by atoms with Crippen molar-refractivity contribution in [2.45, 2.75) is 238 Å². The molecule has 0 atom stereocenters. The molecule has 1 saturated heterocycles. The van der Waals surface area contributed by atoms with Crippen LogP contribution < -0.4 is 5.32 Å². The lowest BCUT2D eigenvalue weighted by Gasteiger charge is -2.26. The molecule has 0 spiro atoms. The molecule has 52 heavy (non-hydrogen) atoms. The average molecular weight is 757 g/mol. The molecule has 0 aromatic rings. The minimum absolute atomic E-state index is 0.0482. The number of rotatable bonds is 35. The Morgan fingerprint density at radius 3 is 1.21 bits per heavy atom. The van der Waals surface area contributed by atoms with Crippen molar-refractivity contribution in [2.24, 2.45) is 0 Å². The second-order valence-corrected chi connectivity index (χ2v) is 16.5. The SMILES string of the molecule is CCCCCCCC(CCCCCCC)OC(=O)CCCNCCCC(=O)OC(CCCCCCC)CCCCCCC.CN1CCC(SO)CC1. The number of ether oxygens (including phenoxy) is 2. The first kappa shape index (κ1) is 51.2. The van der Waals surface area contributed by atoms with Crippen molar-refractivity contribution in [3.63, 3.8) is 0 Å². The minimum atomic E-state index is -0.0482. The highest BCUT2D eigenvalue weighted by Gasteiger charge is 2.17. The number of piperidine rings is 1.